The molecule has 7 heteroatoms. The lowest BCUT2D eigenvalue weighted by Crippen LogP contribution is -2.25. The van der Waals surface area contributed by atoms with Gasteiger partial charge in [0, 0.05) is 56.5 Å². The third-order valence-corrected chi connectivity index (χ3v) is 5.05. The van der Waals surface area contributed by atoms with E-state index in [-0.39, 0.29) is 5.91 Å². The molecule has 1 N–H and O–H groups in total. The van der Waals surface area contributed by atoms with E-state index >= 15 is 0 Å². The van der Waals surface area contributed by atoms with Crippen molar-refractivity contribution < 1.29 is 4.79 Å². The molecule has 1 saturated heterocycles. The second-order valence-corrected chi connectivity index (χ2v) is 7.04. The molecule has 1 aliphatic rings. The second kappa shape index (κ2) is 7.84. The lowest BCUT2D eigenvalue weighted by molar-refractivity contribution is -0.118. The van der Waals surface area contributed by atoms with Crippen LogP contribution in [-0.2, 0) is 17.9 Å². The maximum Gasteiger partial charge on any atom is 0.216 e. The van der Waals surface area contributed by atoms with Gasteiger partial charge in [-0.15, -0.1) is 0 Å². The molecule has 1 aliphatic heterocycles. The van der Waals surface area contributed by atoms with Crippen molar-refractivity contribution in [3.63, 3.8) is 0 Å². The Bertz CT molecular complexity index is 923. The van der Waals surface area contributed by atoms with Crippen LogP contribution in [0.3, 0.4) is 0 Å². The van der Waals surface area contributed by atoms with Crippen molar-refractivity contribution in [2.45, 2.75) is 32.4 Å². The Morgan fingerprint density at radius 1 is 1.26 bits per heavy atom. The lowest BCUT2D eigenvalue weighted by Gasteiger charge is -2.15. The third kappa shape index (κ3) is 3.98. The van der Waals surface area contributed by atoms with Crippen LogP contribution in [0.1, 0.15) is 30.5 Å². The molecule has 4 rings (SSSR count). The van der Waals surface area contributed by atoms with E-state index in [4.69, 9.17) is 5.10 Å². The summed E-state index contributed by atoms with van der Waals surface area (Å²) in [5.41, 5.74) is 3.31. The van der Waals surface area contributed by atoms with Crippen LogP contribution in [0.25, 0.3) is 11.0 Å². The Hall–Kier alpha value is -2.80. The minimum Gasteiger partial charge on any atom is -0.354 e. The average molecular weight is 364 g/mol. The number of carbonyl (C=O) groups excluding carboxylic acids is 1. The number of likely N-dealkylation sites (tertiary alicyclic amines) is 1. The van der Waals surface area contributed by atoms with Crippen LogP contribution in [0.4, 0.5) is 0 Å². The zero-order valence-corrected chi connectivity index (χ0v) is 15.5. The summed E-state index contributed by atoms with van der Waals surface area (Å²) in [6.07, 6.45) is 6.59. The van der Waals surface area contributed by atoms with Gasteiger partial charge in [0.25, 0.3) is 0 Å². The SMILES string of the molecule is CC(=O)NCCn1nc(C2CCN(Cc3ccncc3)C2)c2cccnc21. The predicted molar refractivity (Wildman–Crippen MR) is 103 cm³/mol. The van der Waals surface area contributed by atoms with E-state index in [0.29, 0.717) is 19.0 Å². The van der Waals surface area contributed by atoms with Gasteiger partial charge in [-0.3, -0.25) is 14.7 Å². The maximum atomic E-state index is 11.1. The molecule has 27 heavy (non-hydrogen) atoms. The van der Waals surface area contributed by atoms with Crippen molar-refractivity contribution in [2.24, 2.45) is 0 Å². The summed E-state index contributed by atoms with van der Waals surface area (Å²) in [6.45, 7) is 5.71. The molecule has 1 amide bonds. The summed E-state index contributed by atoms with van der Waals surface area (Å²) in [5, 5.41) is 8.83. The zero-order chi connectivity index (χ0) is 18.6. The van der Waals surface area contributed by atoms with Crippen molar-refractivity contribution in [3.8, 4) is 0 Å². The van der Waals surface area contributed by atoms with E-state index < -0.39 is 0 Å². The van der Waals surface area contributed by atoms with Gasteiger partial charge in [0.15, 0.2) is 5.65 Å². The summed E-state index contributed by atoms with van der Waals surface area (Å²) in [5.74, 6) is 0.378. The molecule has 0 spiro atoms. The summed E-state index contributed by atoms with van der Waals surface area (Å²) in [7, 11) is 0. The number of nitrogens with one attached hydrogen (secondary N) is 1. The van der Waals surface area contributed by atoms with Gasteiger partial charge in [-0.1, -0.05) is 0 Å². The van der Waals surface area contributed by atoms with Gasteiger partial charge >= 0.3 is 0 Å². The Labute approximate surface area is 158 Å². The van der Waals surface area contributed by atoms with Crippen molar-refractivity contribution in [1.82, 2.24) is 30.0 Å². The molecule has 0 radical (unpaired) electrons. The number of pyridine rings is 2. The van der Waals surface area contributed by atoms with Gasteiger partial charge in [0.2, 0.25) is 5.91 Å². The lowest BCUT2D eigenvalue weighted by atomic mass is 10.0. The summed E-state index contributed by atoms with van der Waals surface area (Å²) < 4.78 is 1.92. The molecule has 1 fully saturated rings. The van der Waals surface area contributed by atoms with Crippen LogP contribution in [0.15, 0.2) is 42.9 Å². The molecule has 0 aromatic carbocycles. The monoisotopic (exact) mass is 364 g/mol. The number of hydrogen-bond donors (Lipinski definition) is 1. The van der Waals surface area contributed by atoms with Gasteiger partial charge in [-0.05, 0) is 42.8 Å². The molecule has 140 valence electrons. The normalized spacial score (nSPS) is 17.4. The van der Waals surface area contributed by atoms with Gasteiger partial charge in [0.05, 0.1) is 12.2 Å². The molecule has 7 nitrogen and oxygen atoms in total. The molecular formula is C20H24N6O. The molecular weight excluding hydrogens is 340 g/mol. The maximum absolute atomic E-state index is 11.1. The fourth-order valence-corrected chi connectivity index (χ4v) is 3.78. The van der Waals surface area contributed by atoms with Gasteiger partial charge in [0.1, 0.15) is 0 Å². The zero-order valence-electron chi connectivity index (χ0n) is 15.5. The molecule has 3 aromatic heterocycles. The van der Waals surface area contributed by atoms with Crippen LogP contribution in [-0.4, -0.2) is 50.2 Å². The first-order valence-corrected chi connectivity index (χ1v) is 9.38. The number of aromatic nitrogens is 4. The Morgan fingerprint density at radius 2 is 2.11 bits per heavy atom. The molecule has 1 unspecified atom stereocenters. The fourth-order valence-electron chi connectivity index (χ4n) is 3.78. The molecule has 4 heterocycles. The number of carbonyl (C=O) groups is 1. The molecule has 0 saturated carbocycles. The largest absolute Gasteiger partial charge is 0.354 e. The first kappa shape index (κ1) is 17.6. The predicted octanol–water partition coefficient (Wildman–Crippen LogP) is 1.95. The van der Waals surface area contributed by atoms with Crippen LogP contribution in [0.5, 0.6) is 0 Å². The van der Waals surface area contributed by atoms with Crippen LogP contribution in [0, 0.1) is 0 Å². The summed E-state index contributed by atoms with van der Waals surface area (Å²) in [4.78, 5) is 22.2. The Morgan fingerprint density at radius 3 is 2.93 bits per heavy atom. The number of fused-ring (bicyclic) bond motifs is 1. The summed E-state index contributed by atoms with van der Waals surface area (Å²) in [6, 6.07) is 8.22. The van der Waals surface area contributed by atoms with E-state index in [1.807, 2.05) is 23.1 Å². The number of amides is 1. The van der Waals surface area contributed by atoms with E-state index in [0.717, 1.165) is 42.8 Å². The number of hydrogen-bond acceptors (Lipinski definition) is 5. The second-order valence-electron chi connectivity index (χ2n) is 7.04. The number of nitrogens with zero attached hydrogens (tertiary/aromatic N) is 5. The quantitative estimate of drug-likeness (QED) is 0.724. The van der Waals surface area contributed by atoms with E-state index in [1.165, 1.54) is 12.5 Å². The highest BCUT2D eigenvalue weighted by Gasteiger charge is 2.28. The minimum absolute atomic E-state index is 0.0257. The molecule has 0 bridgehead atoms. The van der Waals surface area contributed by atoms with Crippen molar-refractivity contribution >= 4 is 16.9 Å². The van der Waals surface area contributed by atoms with Crippen LogP contribution < -0.4 is 5.32 Å². The van der Waals surface area contributed by atoms with Gasteiger partial charge in [-0.25, -0.2) is 9.67 Å². The highest BCUT2D eigenvalue weighted by Crippen LogP contribution is 2.31. The first-order chi connectivity index (χ1) is 13.2. The molecule has 1 atom stereocenters. The first-order valence-electron chi connectivity index (χ1n) is 9.38. The molecule has 0 aliphatic carbocycles. The van der Waals surface area contributed by atoms with E-state index in [1.54, 1.807) is 6.20 Å². The van der Waals surface area contributed by atoms with Crippen LogP contribution in [0.2, 0.25) is 0 Å². The topological polar surface area (TPSA) is 75.9 Å². The highest BCUT2D eigenvalue weighted by atomic mass is 16.1. The van der Waals surface area contributed by atoms with Crippen LogP contribution >= 0.6 is 0 Å². The van der Waals surface area contributed by atoms with Gasteiger partial charge in [-0.2, -0.15) is 5.10 Å². The smallest absolute Gasteiger partial charge is 0.216 e. The number of rotatable bonds is 6. The van der Waals surface area contributed by atoms with E-state index in [2.05, 4.69) is 38.4 Å². The minimum atomic E-state index is -0.0257. The van der Waals surface area contributed by atoms with Crippen molar-refractivity contribution in [1.29, 1.82) is 0 Å². The fraction of sp³-hybridized carbons (Fsp3) is 0.400. The Kier molecular flexibility index (Phi) is 5.11. The Balaban J connectivity index is 1.51. The average Bonchev–Trinajstić information content (AvgIpc) is 3.27. The van der Waals surface area contributed by atoms with E-state index in [9.17, 15) is 4.79 Å². The van der Waals surface area contributed by atoms with Crippen molar-refractivity contribution in [2.75, 3.05) is 19.6 Å². The standard InChI is InChI=1S/C20H24N6O/c1-15(27)22-10-12-26-20-18(3-2-7-23-20)19(24-26)17-6-11-25(14-17)13-16-4-8-21-9-5-16/h2-5,7-9,17H,6,10-14H2,1H3,(H,22,27). The third-order valence-electron chi connectivity index (χ3n) is 5.05. The summed E-state index contributed by atoms with van der Waals surface area (Å²) >= 11 is 0. The highest BCUT2D eigenvalue weighted by molar-refractivity contribution is 5.79. The van der Waals surface area contributed by atoms with Gasteiger partial charge < -0.3 is 5.32 Å². The molecule has 3 aromatic rings. The van der Waals surface area contributed by atoms with Crippen molar-refractivity contribution in [3.05, 3.63) is 54.1 Å².